The Hall–Kier alpha value is -0.560. The number of ether oxygens (including phenoxy) is 1. The van der Waals surface area contributed by atoms with E-state index in [1.165, 1.54) is 0 Å². The van der Waals surface area contributed by atoms with Gasteiger partial charge in [0.2, 0.25) is 0 Å². The topological polar surface area (TPSA) is 41.5 Å². The third kappa shape index (κ3) is 9.53. The second kappa shape index (κ2) is 9.01. The SMILES string of the molecule is CC#CCNCC(O)COCC(C)C. The van der Waals surface area contributed by atoms with Crippen LogP contribution in [0.25, 0.3) is 0 Å². The maximum atomic E-state index is 9.43. The van der Waals surface area contributed by atoms with Gasteiger partial charge in [0.1, 0.15) is 0 Å². The van der Waals surface area contributed by atoms with E-state index in [2.05, 4.69) is 31.0 Å². The molecule has 0 saturated carbocycles. The smallest absolute Gasteiger partial charge is 0.0897 e. The summed E-state index contributed by atoms with van der Waals surface area (Å²) >= 11 is 0. The second-order valence-corrected chi connectivity index (χ2v) is 3.64. The molecule has 3 nitrogen and oxygen atoms in total. The Morgan fingerprint density at radius 2 is 2.07 bits per heavy atom. The predicted molar refractivity (Wildman–Crippen MR) is 58.0 cm³/mol. The lowest BCUT2D eigenvalue weighted by molar-refractivity contribution is 0.0266. The van der Waals surface area contributed by atoms with Crippen molar-refractivity contribution in [1.29, 1.82) is 0 Å². The number of nitrogens with one attached hydrogen (secondary N) is 1. The molecule has 0 aliphatic heterocycles. The first-order valence-electron chi connectivity index (χ1n) is 5.03. The van der Waals surface area contributed by atoms with Gasteiger partial charge in [0.15, 0.2) is 0 Å². The summed E-state index contributed by atoms with van der Waals surface area (Å²) in [5.41, 5.74) is 0. The summed E-state index contributed by atoms with van der Waals surface area (Å²) < 4.78 is 5.29. The van der Waals surface area contributed by atoms with Crippen LogP contribution in [0.5, 0.6) is 0 Å². The molecule has 0 aromatic rings. The zero-order valence-corrected chi connectivity index (χ0v) is 9.34. The summed E-state index contributed by atoms with van der Waals surface area (Å²) in [6.45, 7) is 8.22. The van der Waals surface area contributed by atoms with Crippen LogP contribution in [0.3, 0.4) is 0 Å². The van der Waals surface area contributed by atoms with E-state index < -0.39 is 6.10 Å². The van der Waals surface area contributed by atoms with Crippen LogP contribution in [0.2, 0.25) is 0 Å². The number of aliphatic hydroxyl groups is 1. The molecule has 0 rings (SSSR count). The van der Waals surface area contributed by atoms with Crippen LogP contribution in [0, 0.1) is 17.8 Å². The van der Waals surface area contributed by atoms with Crippen LogP contribution in [0.1, 0.15) is 20.8 Å². The molecule has 0 bridgehead atoms. The van der Waals surface area contributed by atoms with E-state index in [9.17, 15) is 5.11 Å². The fourth-order valence-electron chi connectivity index (χ4n) is 0.888. The third-order valence-electron chi connectivity index (χ3n) is 1.53. The molecule has 0 aliphatic rings. The molecule has 0 aliphatic carbocycles. The molecule has 3 heteroatoms. The van der Waals surface area contributed by atoms with E-state index in [1.807, 2.05) is 0 Å². The minimum atomic E-state index is -0.438. The van der Waals surface area contributed by atoms with E-state index in [-0.39, 0.29) is 0 Å². The van der Waals surface area contributed by atoms with E-state index in [4.69, 9.17) is 4.74 Å². The van der Waals surface area contributed by atoms with Crippen molar-refractivity contribution < 1.29 is 9.84 Å². The van der Waals surface area contributed by atoms with Crippen molar-refractivity contribution in [3.8, 4) is 11.8 Å². The third-order valence-corrected chi connectivity index (χ3v) is 1.53. The molecule has 0 heterocycles. The van der Waals surface area contributed by atoms with Gasteiger partial charge in [-0.05, 0) is 12.8 Å². The molecule has 0 amide bonds. The number of hydrogen-bond acceptors (Lipinski definition) is 3. The molecule has 0 aromatic heterocycles. The summed E-state index contributed by atoms with van der Waals surface area (Å²) in [4.78, 5) is 0. The van der Waals surface area contributed by atoms with Crippen molar-refractivity contribution in [3.05, 3.63) is 0 Å². The number of hydrogen-bond donors (Lipinski definition) is 2. The van der Waals surface area contributed by atoms with Gasteiger partial charge in [0.05, 0.1) is 19.3 Å². The summed E-state index contributed by atoms with van der Waals surface area (Å²) in [6.07, 6.45) is -0.438. The molecular formula is C11H21NO2. The maximum Gasteiger partial charge on any atom is 0.0897 e. The summed E-state index contributed by atoms with van der Waals surface area (Å²) in [7, 11) is 0. The van der Waals surface area contributed by atoms with Crippen molar-refractivity contribution in [3.63, 3.8) is 0 Å². The highest BCUT2D eigenvalue weighted by atomic mass is 16.5. The van der Waals surface area contributed by atoms with Crippen LogP contribution in [0.4, 0.5) is 0 Å². The lowest BCUT2D eigenvalue weighted by Crippen LogP contribution is -2.31. The van der Waals surface area contributed by atoms with Crippen LogP contribution in [0.15, 0.2) is 0 Å². The highest BCUT2D eigenvalue weighted by Crippen LogP contribution is 1.93. The number of rotatable bonds is 7. The van der Waals surface area contributed by atoms with Crippen molar-refractivity contribution in [2.75, 3.05) is 26.3 Å². The molecular weight excluding hydrogens is 178 g/mol. The Kier molecular flexibility index (Phi) is 8.65. The largest absolute Gasteiger partial charge is 0.389 e. The van der Waals surface area contributed by atoms with Gasteiger partial charge < -0.3 is 15.2 Å². The molecule has 14 heavy (non-hydrogen) atoms. The molecule has 0 spiro atoms. The Labute approximate surface area is 86.8 Å². The lowest BCUT2D eigenvalue weighted by Gasteiger charge is -2.12. The van der Waals surface area contributed by atoms with Gasteiger partial charge in [-0.3, -0.25) is 0 Å². The van der Waals surface area contributed by atoms with E-state index in [0.717, 1.165) is 0 Å². The van der Waals surface area contributed by atoms with E-state index in [0.29, 0.717) is 32.2 Å². The predicted octanol–water partition coefficient (Wildman–Crippen LogP) is 0.633. The molecule has 1 unspecified atom stereocenters. The first-order valence-corrected chi connectivity index (χ1v) is 5.03. The Balaban J connectivity index is 3.26. The van der Waals surface area contributed by atoms with Crippen molar-refractivity contribution in [2.45, 2.75) is 26.9 Å². The Morgan fingerprint density at radius 1 is 1.36 bits per heavy atom. The van der Waals surface area contributed by atoms with E-state index >= 15 is 0 Å². The highest BCUT2D eigenvalue weighted by Gasteiger charge is 2.03. The highest BCUT2D eigenvalue weighted by molar-refractivity contribution is 4.96. The first-order chi connectivity index (χ1) is 6.66. The first kappa shape index (κ1) is 13.4. The average molecular weight is 199 g/mol. The van der Waals surface area contributed by atoms with Gasteiger partial charge in [-0.15, -0.1) is 5.92 Å². The van der Waals surface area contributed by atoms with E-state index in [1.54, 1.807) is 6.92 Å². The van der Waals surface area contributed by atoms with Crippen LogP contribution < -0.4 is 5.32 Å². The average Bonchev–Trinajstić information content (AvgIpc) is 2.12. The monoisotopic (exact) mass is 199 g/mol. The van der Waals surface area contributed by atoms with Gasteiger partial charge in [-0.25, -0.2) is 0 Å². The van der Waals surface area contributed by atoms with Crippen LogP contribution in [-0.4, -0.2) is 37.5 Å². The zero-order valence-electron chi connectivity index (χ0n) is 9.34. The fraction of sp³-hybridized carbons (Fsp3) is 0.818. The van der Waals surface area contributed by atoms with Crippen molar-refractivity contribution in [2.24, 2.45) is 5.92 Å². The fourth-order valence-corrected chi connectivity index (χ4v) is 0.888. The summed E-state index contributed by atoms with van der Waals surface area (Å²) in [5, 5.41) is 12.4. The van der Waals surface area contributed by atoms with Crippen molar-refractivity contribution in [1.82, 2.24) is 5.32 Å². The minimum absolute atomic E-state index is 0.394. The van der Waals surface area contributed by atoms with Gasteiger partial charge >= 0.3 is 0 Å². The summed E-state index contributed by atoms with van der Waals surface area (Å²) in [5.74, 6) is 6.15. The molecule has 0 fully saturated rings. The Bertz CT molecular complexity index is 181. The zero-order chi connectivity index (χ0) is 10.8. The quantitative estimate of drug-likeness (QED) is 0.467. The summed E-state index contributed by atoms with van der Waals surface area (Å²) in [6, 6.07) is 0. The molecule has 1 atom stereocenters. The molecule has 0 saturated heterocycles. The van der Waals surface area contributed by atoms with Crippen LogP contribution >= 0.6 is 0 Å². The van der Waals surface area contributed by atoms with Crippen molar-refractivity contribution >= 4 is 0 Å². The number of aliphatic hydroxyl groups excluding tert-OH is 1. The lowest BCUT2D eigenvalue weighted by atomic mass is 10.2. The van der Waals surface area contributed by atoms with Gasteiger partial charge in [0, 0.05) is 13.2 Å². The van der Waals surface area contributed by atoms with Gasteiger partial charge in [-0.2, -0.15) is 0 Å². The standard InChI is InChI=1S/C11H21NO2/c1-4-5-6-12-7-11(13)9-14-8-10(2)3/h10-13H,6-9H2,1-3H3. The minimum Gasteiger partial charge on any atom is -0.389 e. The normalized spacial score (nSPS) is 12.4. The molecule has 2 N–H and O–H groups in total. The molecule has 0 radical (unpaired) electrons. The maximum absolute atomic E-state index is 9.43. The van der Waals surface area contributed by atoms with Gasteiger partial charge in [0.25, 0.3) is 0 Å². The van der Waals surface area contributed by atoms with Gasteiger partial charge in [-0.1, -0.05) is 19.8 Å². The molecule has 0 aromatic carbocycles. The van der Waals surface area contributed by atoms with Crippen LogP contribution in [-0.2, 0) is 4.74 Å². The second-order valence-electron chi connectivity index (χ2n) is 3.64. The Morgan fingerprint density at radius 3 is 2.64 bits per heavy atom. The molecule has 82 valence electrons.